The zero-order valence-electron chi connectivity index (χ0n) is 12.3. The first kappa shape index (κ1) is 17.3. The quantitative estimate of drug-likeness (QED) is 0.673. The molecule has 0 saturated carbocycles. The van der Waals surface area contributed by atoms with Crippen molar-refractivity contribution in [1.29, 1.82) is 0 Å². The molecule has 114 valence electrons. The fourth-order valence-electron chi connectivity index (χ4n) is 1.86. The van der Waals surface area contributed by atoms with Crippen molar-refractivity contribution in [3.05, 3.63) is 16.1 Å². The predicted molar refractivity (Wildman–Crippen MR) is 87.1 cm³/mol. The van der Waals surface area contributed by atoms with Crippen LogP contribution in [0.1, 0.15) is 40.0 Å². The second kappa shape index (κ2) is 7.91. The van der Waals surface area contributed by atoms with Crippen molar-refractivity contribution in [3.63, 3.8) is 0 Å². The van der Waals surface area contributed by atoms with Gasteiger partial charge in [-0.25, -0.2) is 4.98 Å². The number of aliphatic hydroxyl groups excluding tert-OH is 1. The molecule has 0 atom stereocenters. The van der Waals surface area contributed by atoms with E-state index < -0.39 is 5.54 Å². The number of rotatable bonds is 8. The molecule has 0 aliphatic rings. The summed E-state index contributed by atoms with van der Waals surface area (Å²) in [5.41, 5.74) is -0.410. The van der Waals surface area contributed by atoms with Gasteiger partial charge >= 0.3 is 0 Å². The monoisotopic (exact) mass is 319 g/mol. The molecular weight excluding hydrogens is 297 g/mol. The molecule has 0 radical (unpaired) electrons. The van der Waals surface area contributed by atoms with Gasteiger partial charge in [-0.3, -0.25) is 0 Å². The molecule has 4 nitrogen and oxygen atoms in total. The lowest BCUT2D eigenvalue weighted by Gasteiger charge is -2.32. The Morgan fingerprint density at radius 3 is 2.25 bits per heavy atom. The van der Waals surface area contributed by atoms with Crippen molar-refractivity contribution >= 4 is 34.8 Å². The van der Waals surface area contributed by atoms with Crippen LogP contribution in [0.4, 0.5) is 11.6 Å². The summed E-state index contributed by atoms with van der Waals surface area (Å²) < 4.78 is 0. The summed E-state index contributed by atoms with van der Waals surface area (Å²) in [7, 11) is 0. The van der Waals surface area contributed by atoms with Gasteiger partial charge < -0.3 is 15.7 Å². The first-order valence-corrected chi connectivity index (χ1v) is 7.76. The third-order valence-electron chi connectivity index (χ3n) is 3.51. The molecule has 0 bridgehead atoms. The van der Waals surface area contributed by atoms with E-state index in [1.54, 1.807) is 6.07 Å². The van der Waals surface area contributed by atoms with Crippen molar-refractivity contribution in [3.8, 4) is 0 Å². The highest BCUT2D eigenvalue weighted by molar-refractivity contribution is 6.37. The Morgan fingerprint density at radius 1 is 1.15 bits per heavy atom. The SMILES string of the molecule is CCCNc1nc(NC(CC)(CC)CO)c(Cl)cc1Cl. The minimum absolute atomic E-state index is 0.0261. The molecule has 3 N–H and O–H groups in total. The van der Waals surface area contributed by atoms with E-state index in [-0.39, 0.29) is 6.61 Å². The van der Waals surface area contributed by atoms with Gasteiger partial charge in [-0.2, -0.15) is 0 Å². The second-order valence-corrected chi connectivity index (χ2v) is 5.66. The van der Waals surface area contributed by atoms with E-state index in [4.69, 9.17) is 23.2 Å². The Hall–Kier alpha value is -0.710. The first-order chi connectivity index (χ1) is 9.51. The summed E-state index contributed by atoms with van der Waals surface area (Å²) in [6, 6.07) is 1.67. The summed E-state index contributed by atoms with van der Waals surface area (Å²) in [6.45, 7) is 6.93. The Balaban J connectivity index is 3.04. The topological polar surface area (TPSA) is 57.2 Å². The molecule has 20 heavy (non-hydrogen) atoms. The van der Waals surface area contributed by atoms with E-state index in [2.05, 4.69) is 22.5 Å². The summed E-state index contributed by atoms with van der Waals surface area (Å²) in [6.07, 6.45) is 2.53. The maximum absolute atomic E-state index is 9.62. The van der Waals surface area contributed by atoms with E-state index in [1.165, 1.54) is 0 Å². The third-order valence-corrected chi connectivity index (χ3v) is 4.09. The summed E-state index contributed by atoms with van der Waals surface area (Å²) in [5.74, 6) is 1.16. The van der Waals surface area contributed by atoms with Crippen LogP contribution in [0.25, 0.3) is 0 Å². The number of pyridine rings is 1. The van der Waals surface area contributed by atoms with Gasteiger partial charge in [-0.15, -0.1) is 0 Å². The first-order valence-electron chi connectivity index (χ1n) is 7.00. The highest BCUT2D eigenvalue weighted by Crippen LogP contribution is 2.32. The predicted octanol–water partition coefficient (Wildman–Crippen LogP) is 4.17. The van der Waals surface area contributed by atoms with Crippen molar-refractivity contribution in [2.75, 3.05) is 23.8 Å². The highest BCUT2D eigenvalue weighted by atomic mass is 35.5. The number of aromatic nitrogens is 1. The zero-order chi connectivity index (χ0) is 15.2. The number of hydrogen-bond donors (Lipinski definition) is 3. The summed E-state index contributed by atoms with van der Waals surface area (Å²) in [5, 5.41) is 17.0. The zero-order valence-corrected chi connectivity index (χ0v) is 13.8. The van der Waals surface area contributed by atoms with Crippen LogP contribution >= 0.6 is 23.2 Å². The largest absolute Gasteiger partial charge is 0.394 e. The molecule has 0 aliphatic heterocycles. The Bertz CT molecular complexity index is 428. The molecular formula is C14H23Cl2N3O. The van der Waals surface area contributed by atoms with Crippen LogP contribution in [-0.4, -0.2) is 28.8 Å². The molecule has 1 rings (SSSR count). The third kappa shape index (κ3) is 4.14. The highest BCUT2D eigenvalue weighted by Gasteiger charge is 2.26. The minimum atomic E-state index is -0.410. The standard InChI is InChI=1S/C14H23Cl2N3O/c1-4-7-17-12-10(15)8-11(16)13(18-12)19-14(5-2,6-3)9-20/h8,20H,4-7,9H2,1-3H3,(H2,17,18,19). The van der Waals surface area contributed by atoms with Crippen LogP contribution in [0.5, 0.6) is 0 Å². The van der Waals surface area contributed by atoms with E-state index >= 15 is 0 Å². The number of nitrogens with zero attached hydrogens (tertiary/aromatic N) is 1. The number of aliphatic hydroxyl groups is 1. The lowest BCUT2D eigenvalue weighted by Crippen LogP contribution is -2.41. The van der Waals surface area contributed by atoms with Crippen LogP contribution in [-0.2, 0) is 0 Å². The molecule has 0 unspecified atom stereocenters. The number of halogens is 2. The Labute approximate surface area is 130 Å². The van der Waals surface area contributed by atoms with Crippen molar-refractivity contribution < 1.29 is 5.11 Å². The van der Waals surface area contributed by atoms with Gasteiger partial charge in [-0.1, -0.05) is 44.0 Å². The molecule has 1 aromatic rings. The smallest absolute Gasteiger partial charge is 0.147 e. The average molecular weight is 320 g/mol. The van der Waals surface area contributed by atoms with Crippen molar-refractivity contribution in [2.24, 2.45) is 0 Å². The lowest BCUT2D eigenvalue weighted by atomic mass is 9.94. The molecule has 1 heterocycles. The van der Waals surface area contributed by atoms with E-state index in [0.717, 1.165) is 25.8 Å². The van der Waals surface area contributed by atoms with E-state index in [9.17, 15) is 5.11 Å². The second-order valence-electron chi connectivity index (χ2n) is 4.85. The van der Waals surface area contributed by atoms with E-state index in [1.807, 2.05) is 13.8 Å². The molecule has 0 aliphatic carbocycles. The van der Waals surface area contributed by atoms with Crippen LogP contribution in [0, 0.1) is 0 Å². The van der Waals surface area contributed by atoms with Crippen molar-refractivity contribution in [2.45, 2.75) is 45.6 Å². The summed E-state index contributed by atoms with van der Waals surface area (Å²) in [4.78, 5) is 4.44. The van der Waals surface area contributed by atoms with Crippen molar-refractivity contribution in [1.82, 2.24) is 4.98 Å². The molecule has 0 amide bonds. The van der Waals surface area contributed by atoms with Gasteiger partial charge in [0.25, 0.3) is 0 Å². The Morgan fingerprint density at radius 2 is 1.75 bits per heavy atom. The number of anilines is 2. The van der Waals surface area contributed by atoms with Gasteiger partial charge in [0.1, 0.15) is 11.6 Å². The fraction of sp³-hybridized carbons (Fsp3) is 0.643. The molecule has 0 saturated heterocycles. The van der Waals surface area contributed by atoms with Gasteiger partial charge in [0.2, 0.25) is 0 Å². The maximum atomic E-state index is 9.62. The molecule has 0 spiro atoms. The lowest BCUT2D eigenvalue weighted by molar-refractivity contribution is 0.202. The van der Waals surface area contributed by atoms with Gasteiger partial charge in [0, 0.05) is 6.54 Å². The van der Waals surface area contributed by atoms with Gasteiger partial charge in [0.05, 0.1) is 22.2 Å². The minimum Gasteiger partial charge on any atom is -0.394 e. The van der Waals surface area contributed by atoms with Crippen LogP contribution in [0.15, 0.2) is 6.07 Å². The van der Waals surface area contributed by atoms with Gasteiger partial charge in [-0.05, 0) is 25.3 Å². The molecule has 0 aromatic carbocycles. The number of hydrogen-bond acceptors (Lipinski definition) is 4. The summed E-state index contributed by atoms with van der Waals surface area (Å²) >= 11 is 12.3. The number of nitrogens with one attached hydrogen (secondary N) is 2. The van der Waals surface area contributed by atoms with Gasteiger partial charge in [0.15, 0.2) is 0 Å². The maximum Gasteiger partial charge on any atom is 0.147 e. The van der Waals surface area contributed by atoms with Crippen LogP contribution in [0.3, 0.4) is 0 Å². The normalized spacial score (nSPS) is 11.5. The average Bonchev–Trinajstić information content (AvgIpc) is 2.46. The molecule has 1 aromatic heterocycles. The van der Waals surface area contributed by atoms with E-state index in [0.29, 0.717) is 21.7 Å². The molecule has 6 heteroatoms. The Kier molecular flexibility index (Phi) is 6.86. The van der Waals surface area contributed by atoms with Crippen LogP contribution < -0.4 is 10.6 Å². The molecule has 0 fully saturated rings. The van der Waals surface area contributed by atoms with Crippen LogP contribution in [0.2, 0.25) is 10.0 Å². The fourth-order valence-corrected chi connectivity index (χ4v) is 2.34.